The van der Waals surface area contributed by atoms with Gasteiger partial charge in [-0.2, -0.15) is 0 Å². The van der Waals surface area contributed by atoms with Crippen molar-refractivity contribution in [2.75, 3.05) is 0 Å². The predicted molar refractivity (Wildman–Crippen MR) is 119 cm³/mol. The molecule has 4 aromatic rings. The van der Waals surface area contributed by atoms with Gasteiger partial charge in [-0.1, -0.05) is 48.5 Å². The highest BCUT2D eigenvalue weighted by Gasteiger charge is 2.08. The van der Waals surface area contributed by atoms with Crippen LogP contribution in [0.15, 0.2) is 91.0 Å². The van der Waals surface area contributed by atoms with Crippen LogP contribution in [0.4, 0.5) is 0 Å². The van der Waals surface area contributed by atoms with Gasteiger partial charge in [0.1, 0.15) is 23.0 Å². The molecule has 29 heavy (non-hydrogen) atoms. The number of ether oxygens (including phenoxy) is 2. The Morgan fingerprint density at radius 1 is 0.483 bits per heavy atom. The standard InChI is InChI=1S/C27H24O2/c1-19-15-16-27(21(3)20(19)2)29-26-14-8-10-23(18-26)22-9-7-13-25(17-22)28-24-11-5-4-6-12-24/h4-18H,1-3H3. The summed E-state index contributed by atoms with van der Waals surface area (Å²) in [6.07, 6.45) is 0. The molecule has 0 aliphatic rings. The van der Waals surface area contributed by atoms with Gasteiger partial charge in [0.2, 0.25) is 0 Å². The van der Waals surface area contributed by atoms with Gasteiger partial charge in [0.25, 0.3) is 0 Å². The molecule has 0 saturated heterocycles. The number of hydrogen-bond acceptors (Lipinski definition) is 2. The Morgan fingerprint density at radius 2 is 1.07 bits per heavy atom. The first kappa shape index (κ1) is 18.8. The third kappa shape index (κ3) is 4.33. The average molecular weight is 380 g/mol. The smallest absolute Gasteiger partial charge is 0.130 e. The Morgan fingerprint density at radius 3 is 1.72 bits per heavy atom. The number of aryl methyl sites for hydroxylation is 1. The topological polar surface area (TPSA) is 18.5 Å². The lowest BCUT2D eigenvalue weighted by Crippen LogP contribution is -1.93. The van der Waals surface area contributed by atoms with Crippen molar-refractivity contribution in [3.63, 3.8) is 0 Å². The lowest BCUT2D eigenvalue weighted by Gasteiger charge is -2.13. The molecule has 0 aliphatic carbocycles. The quantitative estimate of drug-likeness (QED) is 0.351. The van der Waals surface area contributed by atoms with E-state index in [0.29, 0.717) is 0 Å². The maximum atomic E-state index is 6.20. The molecule has 2 heteroatoms. The molecule has 0 aliphatic heterocycles. The Balaban J connectivity index is 1.59. The van der Waals surface area contributed by atoms with E-state index in [0.717, 1.165) is 34.1 Å². The molecule has 0 heterocycles. The highest BCUT2D eigenvalue weighted by Crippen LogP contribution is 2.32. The van der Waals surface area contributed by atoms with Crippen molar-refractivity contribution in [1.82, 2.24) is 0 Å². The molecular formula is C27H24O2. The van der Waals surface area contributed by atoms with E-state index in [9.17, 15) is 0 Å². The van der Waals surface area contributed by atoms with E-state index >= 15 is 0 Å². The van der Waals surface area contributed by atoms with Crippen molar-refractivity contribution in [2.45, 2.75) is 20.8 Å². The third-order valence-electron chi connectivity index (χ3n) is 5.22. The third-order valence-corrected chi connectivity index (χ3v) is 5.22. The van der Waals surface area contributed by atoms with Crippen LogP contribution in [-0.2, 0) is 0 Å². The number of para-hydroxylation sites is 1. The van der Waals surface area contributed by atoms with E-state index in [2.05, 4.69) is 45.0 Å². The number of rotatable bonds is 5. The molecule has 0 aromatic heterocycles. The molecule has 0 saturated carbocycles. The van der Waals surface area contributed by atoms with Gasteiger partial charge < -0.3 is 9.47 Å². The zero-order valence-electron chi connectivity index (χ0n) is 17.0. The molecular weight excluding hydrogens is 356 g/mol. The fourth-order valence-corrected chi connectivity index (χ4v) is 3.27. The first-order valence-electron chi connectivity index (χ1n) is 9.78. The van der Waals surface area contributed by atoms with Gasteiger partial charge in [0.15, 0.2) is 0 Å². The molecule has 0 spiro atoms. The molecule has 144 valence electrons. The van der Waals surface area contributed by atoms with Crippen molar-refractivity contribution in [1.29, 1.82) is 0 Å². The second-order valence-corrected chi connectivity index (χ2v) is 7.20. The molecule has 0 atom stereocenters. The molecule has 0 bridgehead atoms. The summed E-state index contributed by atoms with van der Waals surface area (Å²) in [5.41, 5.74) is 5.89. The minimum atomic E-state index is 0.810. The summed E-state index contributed by atoms with van der Waals surface area (Å²) in [6, 6.07) is 30.2. The molecule has 4 rings (SSSR count). The van der Waals surface area contributed by atoms with E-state index in [1.807, 2.05) is 66.7 Å². The lowest BCUT2D eigenvalue weighted by atomic mass is 10.0. The first-order chi connectivity index (χ1) is 14.1. The van der Waals surface area contributed by atoms with Crippen LogP contribution >= 0.6 is 0 Å². The highest BCUT2D eigenvalue weighted by atomic mass is 16.5. The monoisotopic (exact) mass is 380 g/mol. The van der Waals surface area contributed by atoms with Crippen LogP contribution < -0.4 is 9.47 Å². The van der Waals surface area contributed by atoms with Gasteiger partial charge in [-0.15, -0.1) is 0 Å². The summed E-state index contributed by atoms with van der Waals surface area (Å²) in [5.74, 6) is 3.35. The maximum absolute atomic E-state index is 6.20. The van der Waals surface area contributed by atoms with Crippen molar-refractivity contribution >= 4 is 0 Å². The van der Waals surface area contributed by atoms with Crippen LogP contribution in [0.2, 0.25) is 0 Å². The fourth-order valence-electron chi connectivity index (χ4n) is 3.27. The van der Waals surface area contributed by atoms with Gasteiger partial charge in [-0.3, -0.25) is 0 Å². The fraction of sp³-hybridized carbons (Fsp3) is 0.111. The van der Waals surface area contributed by atoms with E-state index in [-0.39, 0.29) is 0 Å². The molecule has 0 fully saturated rings. The molecule has 0 amide bonds. The predicted octanol–water partition coefficient (Wildman–Crippen LogP) is 7.86. The second-order valence-electron chi connectivity index (χ2n) is 7.20. The number of hydrogen-bond donors (Lipinski definition) is 0. The van der Waals surface area contributed by atoms with Crippen LogP contribution in [0.3, 0.4) is 0 Å². The summed E-state index contributed by atoms with van der Waals surface area (Å²) < 4.78 is 12.2. The molecule has 0 N–H and O–H groups in total. The normalized spacial score (nSPS) is 10.6. The van der Waals surface area contributed by atoms with E-state index in [1.54, 1.807) is 0 Å². The van der Waals surface area contributed by atoms with E-state index in [1.165, 1.54) is 16.7 Å². The van der Waals surface area contributed by atoms with E-state index < -0.39 is 0 Å². The zero-order valence-corrected chi connectivity index (χ0v) is 17.0. The summed E-state index contributed by atoms with van der Waals surface area (Å²) in [5, 5.41) is 0. The molecule has 0 radical (unpaired) electrons. The van der Waals surface area contributed by atoms with Crippen molar-refractivity contribution in [3.05, 3.63) is 108 Å². The van der Waals surface area contributed by atoms with Crippen molar-refractivity contribution in [3.8, 4) is 34.1 Å². The Kier molecular flexibility index (Phi) is 5.35. The summed E-state index contributed by atoms with van der Waals surface area (Å²) >= 11 is 0. The Hall–Kier alpha value is -3.52. The van der Waals surface area contributed by atoms with Gasteiger partial charge in [0, 0.05) is 0 Å². The van der Waals surface area contributed by atoms with Crippen LogP contribution in [0.5, 0.6) is 23.0 Å². The van der Waals surface area contributed by atoms with Crippen LogP contribution in [-0.4, -0.2) is 0 Å². The minimum absolute atomic E-state index is 0.810. The molecule has 0 unspecified atom stereocenters. The molecule has 4 aromatic carbocycles. The van der Waals surface area contributed by atoms with Crippen LogP contribution in [0, 0.1) is 20.8 Å². The van der Waals surface area contributed by atoms with Crippen molar-refractivity contribution in [2.24, 2.45) is 0 Å². The lowest BCUT2D eigenvalue weighted by molar-refractivity contribution is 0.478. The minimum Gasteiger partial charge on any atom is -0.457 e. The second kappa shape index (κ2) is 8.24. The summed E-state index contributed by atoms with van der Waals surface area (Å²) in [6.45, 7) is 6.36. The van der Waals surface area contributed by atoms with E-state index in [4.69, 9.17) is 9.47 Å². The van der Waals surface area contributed by atoms with Crippen LogP contribution in [0.25, 0.3) is 11.1 Å². The Bertz CT molecular complexity index is 1130. The average Bonchev–Trinajstić information content (AvgIpc) is 2.75. The maximum Gasteiger partial charge on any atom is 0.130 e. The SMILES string of the molecule is Cc1ccc(Oc2cccc(-c3cccc(Oc4ccccc4)c3)c2)c(C)c1C. The summed E-state index contributed by atoms with van der Waals surface area (Å²) in [4.78, 5) is 0. The van der Waals surface area contributed by atoms with Crippen molar-refractivity contribution < 1.29 is 9.47 Å². The van der Waals surface area contributed by atoms with Gasteiger partial charge in [-0.05, 0) is 91.1 Å². The molecule has 2 nitrogen and oxygen atoms in total. The summed E-state index contributed by atoms with van der Waals surface area (Å²) in [7, 11) is 0. The van der Waals surface area contributed by atoms with Gasteiger partial charge in [0.05, 0.1) is 0 Å². The zero-order chi connectivity index (χ0) is 20.2. The van der Waals surface area contributed by atoms with Gasteiger partial charge >= 0.3 is 0 Å². The largest absolute Gasteiger partial charge is 0.457 e. The highest BCUT2D eigenvalue weighted by molar-refractivity contribution is 5.67. The Labute approximate surface area is 172 Å². The van der Waals surface area contributed by atoms with Crippen LogP contribution in [0.1, 0.15) is 16.7 Å². The first-order valence-corrected chi connectivity index (χ1v) is 9.78. The van der Waals surface area contributed by atoms with Gasteiger partial charge in [-0.25, -0.2) is 0 Å². The number of benzene rings is 4.